The summed E-state index contributed by atoms with van der Waals surface area (Å²) in [6.45, 7) is 2.91. The van der Waals surface area contributed by atoms with Crippen molar-refractivity contribution < 1.29 is 4.74 Å². The topological polar surface area (TPSA) is 21.3 Å². The van der Waals surface area contributed by atoms with E-state index in [9.17, 15) is 0 Å². The second-order valence-corrected chi connectivity index (χ2v) is 7.20. The molecule has 0 atom stereocenters. The van der Waals surface area contributed by atoms with Crippen LogP contribution in [0.2, 0.25) is 0 Å². The predicted octanol–water partition coefficient (Wildman–Crippen LogP) is 3.50. The number of benzene rings is 1. The Morgan fingerprint density at radius 2 is 2.10 bits per heavy atom. The van der Waals surface area contributed by atoms with Gasteiger partial charge in [-0.05, 0) is 61.1 Å². The zero-order chi connectivity index (χ0) is 14.1. The molecule has 1 aliphatic heterocycles. The van der Waals surface area contributed by atoms with Crippen LogP contribution in [0, 0.1) is 0 Å². The van der Waals surface area contributed by atoms with Gasteiger partial charge in [0, 0.05) is 22.7 Å². The molecular formula is C18H21NOS. The minimum Gasteiger partial charge on any atom is -0.493 e. The summed E-state index contributed by atoms with van der Waals surface area (Å²) >= 11 is 2.01. The number of hydrogen-bond donors (Lipinski definition) is 1. The van der Waals surface area contributed by atoms with Crippen LogP contribution in [0.15, 0.2) is 24.3 Å². The lowest BCUT2D eigenvalue weighted by Gasteiger charge is -2.05. The van der Waals surface area contributed by atoms with Gasteiger partial charge >= 0.3 is 0 Å². The third kappa shape index (κ3) is 2.85. The van der Waals surface area contributed by atoms with Crippen molar-refractivity contribution in [2.45, 2.75) is 38.6 Å². The maximum absolute atomic E-state index is 5.55. The van der Waals surface area contributed by atoms with Gasteiger partial charge in [0.25, 0.3) is 0 Å². The average Bonchev–Trinajstić information content (AvgIpc) is 3.18. The molecule has 0 amide bonds. The van der Waals surface area contributed by atoms with Crippen LogP contribution in [0.3, 0.4) is 0 Å². The van der Waals surface area contributed by atoms with Gasteiger partial charge in [-0.2, -0.15) is 0 Å². The molecular weight excluding hydrogens is 278 g/mol. The van der Waals surface area contributed by atoms with E-state index in [0.717, 1.165) is 38.3 Å². The van der Waals surface area contributed by atoms with Crippen LogP contribution in [-0.4, -0.2) is 13.2 Å². The standard InChI is InChI=1S/C18H21NOS/c1-2-15-11-16(21-18(15)3-1)12-19-8-6-13-4-5-17-14(10-13)7-9-20-17/h4-5,10-11,19H,1-3,6-9,12H2. The molecule has 2 aromatic rings. The van der Waals surface area contributed by atoms with Gasteiger partial charge in [-0.15, -0.1) is 11.3 Å². The van der Waals surface area contributed by atoms with E-state index in [1.807, 2.05) is 11.3 Å². The lowest BCUT2D eigenvalue weighted by Crippen LogP contribution is -2.16. The molecule has 1 aliphatic carbocycles. The summed E-state index contributed by atoms with van der Waals surface area (Å²) < 4.78 is 5.55. The van der Waals surface area contributed by atoms with Gasteiger partial charge in [-0.25, -0.2) is 0 Å². The molecule has 0 saturated heterocycles. The number of nitrogens with one attached hydrogen (secondary N) is 1. The SMILES string of the molecule is c1cc2c(cc1CCNCc1cc3c(s1)CCC3)CCO2. The van der Waals surface area contributed by atoms with Gasteiger partial charge in [0.15, 0.2) is 0 Å². The Bertz CT molecular complexity index is 625. The summed E-state index contributed by atoms with van der Waals surface area (Å²) in [4.78, 5) is 3.13. The lowest BCUT2D eigenvalue weighted by atomic mass is 10.1. The van der Waals surface area contributed by atoms with E-state index in [-0.39, 0.29) is 0 Å². The molecule has 0 radical (unpaired) electrons. The number of rotatable bonds is 5. The van der Waals surface area contributed by atoms with Crippen molar-refractivity contribution in [3.8, 4) is 5.75 Å². The Kier molecular flexibility index (Phi) is 3.70. The van der Waals surface area contributed by atoms with Crippen LogP contribution >= 0.6 is 11.3 Å². The first-order valence-electron chi connectivity index (χ1n) is 7.94. The van der Waals surface area contributed by atoms with Crippen molar-refractivity contribution in [1.82, 2.24) is 5.32 Å². The highest BCUT2D eigenvalue weighted by Crippen LogP contribution is 2.30. The Labute approximate surface area is 130 Å². The van der Waals surface area contributed by atoms with E-state index in [2.05, 4.69) is 29.6 Å². The summed E-state index contributed by atoms with van der Waals surface area (Å²) in [5, 5.41) is 3.59. The fraction of sp³-hybridized carbons (Fsp3) is 0.444. The molecule has 2 nitrogen and oxygen atoms in total. The van der Waals surface area contributed by atoms with Crippen LogP contribution in [0.1, 0.15) is 32.9 Å². The molecule has 1 aromatic carbocycles. The molecule has 1 aromatic heterocycles. The molecule has 21 heavy (non-hydrogen) atoms. The van der Waals surface area contributed by atoms with Crippen LogP contribution in [0.25, 0.3) is 0 Å². The summed E-state index contributed by atoms with van der Waals surface area (Å²) in [6, 6.07) is 9.05. The highest BCUT2D eigenvalue weighted by atomic mass is 32.1. The van der Waals surface area contributed by atoms with E-state index in [4.69, 9.17) is 4.74 Å². The van der Waals surface area contributed by atoms with Crippen molar-refractivity contribution in [2.24, 2.45) is 0 Å². The van der Waals surface area contributed by atoms with E-state index >= 15 is 0 Å². The Balaban J connectivity index is 1.27. The molecule has 2 heterocycles. The largest absolute Gasteiger partial charge is 0.493 e. The van der Waals surface area contributed by atoms with Gasteiger partial charge in [0.2, 0.25) is 0 Å². The first kappa shape index (κ1) is 13.4. The van der Waals surface area contributed by atoms with Crippen molar-refractivity contribution in [2.75, 3.05) is 13.2 Å². The van der Waals surface area contributed by atoms with Gasteiger partial charge < -0.3 is 10.1 Å². The monoisotopic (exact) mass is 299 g/mol. The van der Waals surface area contributed by atoms with Gasteiger partial charge in [-0.1, -0.05) is 12.1 Å². The minimum absolute atomic E-state index is 0.847. The van der Waals surface area contributed by atoms with Gasteiger partial charge in [-0.3, -0.25) is 0 Å². The maximum atomic E-state index is 5.55. The Hall–Kier alpha value is -1.32. The van der Waals surface area contributed by atoms with E-state index in [1.165, 1.54) is 35.3 Å². The Morgan fingerprint density at radius 1 is 1.10 bits per heavy atom. The van der Waals surface area contributed by atoms with E-state index in [1.54, 1.807) is 10.4 Å². The first-order chi connectivity index (χ1) is 10.4. The van der Waals surface area contributed by atoms with Crippen molar-refractivity contribution in [1.29, 1.82) is 0 Å². The van der Waals surface area contributed by atoms with Crippen molar-refractivity contribution in [3.63, 3.8) is 0 Å². The molecule has 2 aliphatic rings. The van der Waals surface area contributed by atoms with Crippen molar-refractivity contribution in [3.05, 3.63) is 50.7 Å². The number of fused-ring (bicyclic) bond motifs is 2. The maximum Gasteiger partial charge on any atom is 0.122 e. The molecule has 0 saturated carbocycles. The van der Waals surface area contributed by atoms with Crippen LogP contribution in [0.5, 0.6) is 5.75 Å². The summed E-state index contributed by atoms with van der Waals surface area (Å²) in [6.07, 6.45) is 6.12. The number of ether oxygens (including phenoxy) is 1. The average molecular weight is 299 g/mol. The zero-order valence-corrected chi connectivity index (χ0v) is 13.1. The normalized spacial score (nSPS) is 15.8. The minimum atomic E-state index is 0.847. The molecule has 110 valence electrons. The molecule has 0 unspecified atom stereocenters. The molecule has 0 spiro atoms. The summed E-state index contributed by atoms with van der Waals surface area (Å²) in [5.41, 5.74) is 4.40. The van der Waals surface area contributed by atoms with Crippen LogP contribution < -0.4 is 10.1 Å². The quantitative estimate of drug-likeness (QED) is 0.853. The van der Waals surface area contributed by atoms with E-state index < -0.39 is 0 Å². The third-order valence-corrected chi connectivity index (χ3v) is 5.68. The first-order valence-corrected chi connectivity index (χ1v) is 8.76. The molecule has 1 N–H and O–H groups in total. The van der Waals surface area contributed by atoms with Crippen LogP contribution in [-0.2, 0) is 32.2 Å². The highest BCUT2D eigenvalue weighted by Gasteiger charge is 2.14. The molecule has 4 rings (SSSR count). The molecule has 0 bridgehead atoms. The highest BCUT2D eigenvalue weighted by molar-refractivity contribution is 7.12. The van der Waals surface area contributed by atoms with E-state index in [0.29, 0.717) is 0 Å². The fourth-order valence-electron chi connectivity index (χ4n) is 3.32. The number of aryl methyl sites for hydroxylation is 2. The molecule has 3 heteroatoms. The van der Waals surface area contributed by atoms with Gasteiger partial charge in [0.1, 0.15) is 5.75 Å². The second kappa shape index (κ2) is 5.82. The summed E-state index contributed by atoms with van der Waals surface area (Å²) in [5.74, 6) is 1.08. The fourth-order valence-corrected chi connectivity index (χ4v) is 4.55. The van der Waals surface area contributed by atoms with Crippen LogP contribution in [0.4, 0.5) is 0 Å². The number of thiophene rings is 1. The third-order valence-electron chi connectivity index (χ3n) is 4.44. The Morgan fingerprint density at radius 3 is 3.05 bits per heavy atom. The lowest BCUT2D eigenvalue weighted by molar-refractivity contribution is 0.357. The molecule has 0 fully saturated rings. The zero-order valence-electron chi connectivity index (χ0n) is 12.3. The smallest absolute Gasteiger partial charge is 0.122 e. The van der Waals surface area contributed by atoms with Crippen molar-refractivity contribution >= 4 is 11.3 Å². The summed E-state index contributed by atoms with van der Waals surface area (Å²) in [7, 11) is 0. The second-order valence-electron chi connectivity index (χ2n) is 5.98. The van der Waals surface area contributed by atoms with Gasteiger partial charge in [0.05, 0.1) is 6.61 Å². The predicted molar refractivity (Wildman–Crippen MR) is 87.4 cm³/mol. The number of hydrogen-bond acceptors (Lipinski definition) is 3.